The zero-order valence-electron chi connectivity index (χ0n) is 16.4. The van der Waals surface area contributed by atoms with E-state index < -0.39 is 12.0 Å². The molecular weight excluding hydrogens is 348 g/mol. The van der Waals surface area contributed by atoms with Crippen molar-refractivity contribution in [3.8, 4) is 0 Å². The van der Waals surface area contributed by atoms with Gasteiger partial charge in [0.1, 0.15) is 5.69 Å². The number of amides is 1. The second-order valence-electron chi connectivity index (χ2n) is 6.36. The van der Waals surface area contributed by atoms with Crippen LogP contribution < -0.4 is 0 Å². The van der Waals surface area contributed by atoms with Crippen molar-refractivity contribution in [2.24, 2.45) is 0 Å². The van der Waals surface area contributed by atoms with E-state index in [1.807, 2.05) is 6.92 Å². The van der Waals surface area contributed by atoms with E-state index in [4.69, 9.17) is 9.15 Å². The molecular formula is C20H26N2O5. The number of carbonyl (C=O) groups excluding carboxylic acids is 3. The predicted molar refractivity (Wildman–Crippen MR) is 100 cm³/mol. The number of H-pyrrole nitrogens is 1. The van der Waals surface area contributed by atoms with Crippen LogP contribution in [0, 0.1) is 13.8 Å². The summed E-state index contributed by atoms with van der Waals surface area (Å²) in [5.74, 6) is -0.871. The van der Waals surface area contributed by atoms with E-state index in [1.165, 1.54) is 11.2 Å². The van der Waals surface area contributed by atoms with Crippen molar-refractivity contribution < 1.29 is 23.5 Å². The first-order chi connectivity index (χ1) is 12.8. The predicted octanol–water partition coefficient (Wildman–Crippen LogP) is 3.52. The molecule has 0 aromatic carbocycles. The van der Waals surface area contributed by atoms with E-state index in [9.17, 15) is 14.4 Å². The highest BCUT2D eigenvalue weighted by atomic mass is 16.5. The molecule has 2 aromatic heterocycles. The van der Waals surface area contributed by atoms with Gasteiger partial charge in [0.05, 0.1) is 18.9 Å². The summed E-state index contributed by atoms with van der Waals surface area (Å²) in [6.45, 7) is 9.44. The van der Waals surface area contributed by atoms with Crippen LogP contribution in [-0.2, 0) is 4.74 Å². The Hall–Kier alpha value is -2.83. The van der Waals surface area contributed by atoms with Crippen LogP contribution in [0.5, 0.6) is 0 Å². The van der Waals surface area contributed by atoms with Crippen LogP contribution >= 0.6 is 0 Å². The Balaban J connectivity index is 2.34. The summed E-state index contributed by atoms with van der Waals surface area (Å²) in [5.41, 5.74) is 1.79. The molecule has 0 saturated carbocycles. The molecule has 27 heavy (non-hydrogen) atoms. The average Bonchev–Trinajstić information content (AvgIpc) is 3.26. The highest BCUT2D eigenvalue weighted by Crippen LogP contribution is 2.23. The number of aromatic amines is 1. The molecule has 7 nitrogen and oxygen atoms in total. The molecule has 7 heteroatoms. The molecule has 146 valence electrons. The summed E-state index contributed by atoms with van der Waals surface area (Å²) >= 11 is 0. The van der Waals surface area contributed by atoms with Crippen molar-refractivity contribution in [2.45, 2.75) is 47.1 Å². The number of nitrogens with one attached hydrogen (secondary N) is 1. The molecule has 0 aliphatic carbocycles. The smallest absolute Gasteiger partial charge is 0.355 e. The summed E-state index contributed by atoms with van der Waals surface area (Å²) in [4.78, 5) is 42.4. The lowest BCUT2D eigenvalue weighted by molar-refractivity contribution is 0.0518. The topological polar surface area (TPSA) is 92.6 Å². The number of aryl methyl sites for hydroxylation is 1. The number of carbonyl (C=O) groups is 3. The van der Waals surface area contributed by atoms with Gasteiger partial charge >= 0.3 is 5.97 Å². The lowest BCUT2D eigenvalue weighted by atomic mass is 9.99. The first-order valence-electron chi connectivity index (χ1n) is 9.08. The molecule has 1 atom stereocenters. The minimum atomic E-state index is -0.703. The lowest BCUT2D eigenvalue weighted by Gasteiger charge is -2.27. The van der Waals surface area contributed by atoms with E-state index >= 15 is 0 Å². The number of furan rings is 1. The molecule has 2 rings (SSSR count). The third kappa shape index (κ3) is 4.13. The third-order valence-electron chi connectivity index (χ3n) is 4.47. The molecule has 2 aromatic rings. The van der Waals surface area contributed by atoms with Gasteiger partial charge in [-0.05, 0) is 51.8 Å². The van der Waals surface area contributed by atoms with E-state index in [-0.39, 0.29) is 29.8 Å². The molecule has 0 spiro atoms. The van der Waals surface area contributed by atoms with Crippen molar-refractivity contribution in [3.63, 3.8) is 0 Å². The van der Waals surface area contributed by atoms with E-state index in [0.29, 0.717) is 29.8 Å². The van der Waals surface area contributed by atoms with Crippen molar-refractivity contribution in [3.05, 3.63) is 46.7 Å². The molecule has 0 unspecified atom stereocenters. The van der Waals surface area contributed by atoms with Crippen LogP contribution in [0.25, 0.3) is 0 Å². The molecule has 0 fully saturated rings. The monoisotopic (exact) mass is 374 g/mol. The average molecular weight is 374 g/mol. The van der Waals surface area contributed by atoms with Gasteiger partial charge in [-0.1, -0.05) is 6.92 Å². The summed E-state index contributed by atoms with van der Waals surface area (Å²) < 4.78 is 10.2. The summed E-state index contributed by atoms with van der Waals surface area (Å²) in [7, 11) is 0. The minimum Gasteiger partial charge on any atom is -0.461 e. The van der Waals surface area contributed by atoms with Gasteiger partial charge in [0.25, 0.3) is 5.91 Å². The van der Waals surface area contributed by atoms with Crippen LogP contribution in [0.15, 0.2) is 22.8 Å². The quantitative estimate of drug-likeness (QED) is 0.564. The lowest BCUT2D eigenvalue weighted by Crippen LogP contribution is -2.44. The van der Waals surface area contributed by atoms with Gasteiger partial charge in [-0.25, -0.2) is 4.79 Å². The zero-order chi connectivity index (χ0) is 20.1. The summed E-state index contributed by atoms with van der Waals surface area (Å²) in [6.07, 6.45) is 2.12. The number of ether oxygens (including phenoxy) is 1. The van der Waals surface area contributed by atoms with Gasteiger partial charge in [-0.3, -0.25) is 9.59 Å². The largest absolute Gasteiger partial charge is 0.461 e. The Morgan fingerprint density at radius 3 is 2.52 bits per heavy atom. The molecule has 0 bridgehead atoms. The maximum absolute atomic E-state index is 13.2. The summed E-state index contributed by atoms with van der Waals surface area (Å²) in [5, 5.41) is 0. The van der Waals surface area contributed by atoms with Crippen LogP contribution in [0.2, 0.25) is 0 Å². The van der Waals surface area contributed by atoms with Gasteiger partial charge in [0.15, 0.2) is 11.5 Å². The Morgan fingerprint density at radius 1 is 1.26 bits per heavy atom. The number of nitrogens with zero attached hydrogens (tertiary/aromatic N) is 1. The maximum Gasteiger partial charge on any atom is 0.355 e. The normalized spacial score (nSPS) is 11.9. The fourth-order valence-electron chi connectivity index (χ4n) is 3.13. The zero-order valence-corrected chi connectivity index (χ0v) is 16.4. The second-order valence-corrected chi connectivity index (χ2v) is 6.36. The van der Waals surface area contributed by atoms with Gasteiger partial charge in [-0.2, -0.15) is 0 Å². The number of hydrogen-bond acceptors (Lipinski definition) is 5. The fraction of sp³-hybridized carbons (Fsp3) is 0.450. The molecule has 0 aliphatic heterocycles. The van der Waals surface area contributed by atoms with Crippen LogP contribution in [0.4, 0.5) is 0 Å². The first kappa shape index (κ1) is 20.5. The maximum atomic E-state index is 13.2. The Labute approximate surface area is 158 Å². The molecule has 0 aliphatic rings. The van der Waals surface area contributed by atoms with Crippen molar-refractivity contribution >= 4 is 17.7 Å². The minimum absolute atomic E-state index is 0.192. The van der Waals surface area contributed by atoms with Crippen molar-refractivity contribution in [1.29, 1.82) is 0 Å². The van der Waals surface area contributed by atoms with E-state index in [0.717, 1.165) is 0 Å². The second kappa shape index (κ2) is 8.70. The fourth-order valence-corrected chi connectivity index (χ4v) is 3.13. The highest BCUT2D eigenvalue weighted by molar-refractivity contribution is 6.07. The first-order valence-corrected chi connectivity index (χ1v) is 9.08. The summed E-state index contributed by atoms with van der Waals surface area (Å²) in [6, 6.07) is 2.51. The van der Waals surface area contributed by atoms with E-state index in [2.05, 4.69) is 4.98 Å². The Morgan fingerprint density at radius 2 is 1.96 bits per heavy atom. The number of rotatable bonds is 8. The van der Waals surface area contributed by atoms with Crippen molar-refractivity contribution in [2.75, 3.05) is 13.2 Å². The van der Waals surface area contributed by atoms with Crippen molar-refractivity contribution in [1.82, 2.24) is 9.88 Å². The molecule has 1 amide bonds. The SMILES string of the molecule is CCCN(C(=O)c1ccco1)[C@H](C)C(=O)c1c(C)[nH]c(C(=O)OCC)c1C. The van der Waals surface area contributed by atoms with Gasteiger partial charge < -0.3 is 19.0 Å². The standard InChI is InChI=1S/C20H26N2O5/c1-6-10-22(19(24)15-9-8-11-27-15)14(5)18(23)16-12(3)17(21-13(16)4)20(25)26-7-2/h8-9,11,14,21H,6-7,10H2,1-5H3/t14-/m1/s1. The molecule has 1 N–H and O–H groups in total. The number of hydrogen-bond donors (Lipinski definition) is 1. The van der Waals surface area contributed by atoms with Gasteiger partial charge in [0, 0.05) is 17.8 Å². The highest BCUT2D eigenvalue weighted by Gasteiger charge is 2.32. The molecule has 0 saturated heterocycles. The molecule has 0 radical (unpaired) electrons. The van der Waals surface area contributed by atoms with Crippen LogP contribution in [-0.4, -0.2) is 46.7 Å². The number of aromatic nitrogens is 1. The Kier molecular flexibility index (Phi) is 6.60. The number of ketones is 1. The number of esters is 1. The number of Topliss-reactive ketones (excluding diaryl/α,β-unsaturated/α-hetero) is 1. The van der Waals surface area contributed by atoms with Crippen LogP contribution in [0.3, 0.4) is 0 Å². The third-order valence-corrected chi connectivity index (χ3v) is 4.47. The van der Waals surface area contributed by atoms with Gasteiger partial charge in [-0.15, -0.1) is 0 Å². The van der Waals surface area contributed by atoms with Gasteiger partial charge in [0.2, 0.25) is 0 Å². The molecule has 2 heterocycles. The Bertz CT molecular complexity index is 820. The van der Waals surface area contributed by atoms with Crippen LogP contribution in [0.1, 0.15) is 69.9 Å². The van der Waals surface area contributed by atoms with E-state index in [1.54, 1.807) is 39.8 Å².